The highest BCUT2D eigenvalue weighted by Gasteiger charge is 2.16. The first-order chi connectivity index (χ1) is 9.78. The Morgan fingerprint density at radius 2 is 2.15 bits per heavy atom. The fourth-order valence-corrected chi connectivity index (χ4v) is 4.12. The van der Waals surface area contributed by atoms with E-state index in [0.717, 1.165) is 23.1 Å². The zero-order valence-electron chi connectivity index (χ0n) is 11.2. The van der Waals surface area contributed by atoms with E-state index < -0.39 is 0 Å². The second kappa shape index (κ2) is 6.04. The van der Waals surface area contributed by atoms with Crippen LogP contribution in [0.4, 0.5) is 4.39 Å². The Morgan fingerprint density at radius 3 is 2.90 bits per heavy atom. The summed E-state index contributed by atoms with van der Waals surface area (Å²) in [7, 11) is 0. The quantitative estimate of drug-likeness (QED) is 0.684. The SMILES string of the molecule is CCCNC(c1ccsc1)c1cc2cc(F)ccc2s1. The molecule has 3 aromatic rings. The van der Waals surface area contributed by atoms with Crippen molar-refractivity contribution in [2.75, 3.05) is 6.54 Å². The van der Waals surface area contributed by atoms with Gasteiger partial charge >= 0.3 is 0 Å². The van der Waals surface area contributed by atoms with Gasteiger partial charge in [0.25, 0.3) is 0 Å². The van der Waals surface area contributed by atoms with E-state index >= 15 is 0 Å². The Hall–Kier alpha value is -1.23. The van der Waals surface area contributed by atoms with E-state index in [1.165, 1.54) is 16.5 Å². The lowest BCUT2D eigenvalue weighted by atomic mass is 10.1. The third kappa shape index (κ3) is 2.77. The van der Waals surface area contributed by atoms with Gasteiger partial charge in [0.1, 0.15) is 5.82 Å². The van der Waals surface area contributed by atoms with Gasteiger partial charge in [0, 0.05) is 9.58 Å². The number of benzene rings is 1. The van der Waals surface area contributed by atoms with Crippen LogP contribution < -0.4 is 5.32 Å². The fourth-order valence-electron chi connectivity index (χ4n) is 2.29. The molecule has 0 saturated heterocycles. The molecule has 1 aromatic carbocycles. The fraction of sp³-hybridized carbons (Fsp3) is 0.250. The highest BCUT2D eigenvalue weighted by atomic mass is 32.1. The molecule has 0 spiro atoms. The average Bonchev–Trinajstić information content (AvgIpc) is 3.08. The first-order valence-corrected chi connectivity index (χ1v) is 8.48. The third-order valence-corrected chi connectivity index (χ3v) is 5.14. The van der Waals surface area contributed by atoms with Crippen molar-refractivity contribution in [2.24, 2.45) is 0 Å². The topological polar surface area (TPSA) is 12.0 Å². The van der Waals surface area contributed by atoms with Gasteiger partial charge in [0.2, 0.25) is 0 Å². The molecule has 0 radical (unpaired) electrons. The zero-order chi connectivity index (χ0) is 13.9. The van der Waals surface area contributed by atoms with Gasteiger partial charge in [0.05, 0.1) is 6.04 Å². The Labute approximate surface area is 126 Å². The largest absolute Gasteiger partial charge is 0.306 e. The highest BCUT2D eigenvalue weighted by Crippen LogP contribution is 2.34. The molecule has 20 heavy (non-hydrogen) atoms. The summed E-state index contributed by atoms with van der Waals surface area (Å²) in [6, 6.07) is 9.48. The van der Waals surface area contributed by atoms with Crippen molar-refractivity contribution in [1.82, 2.24) is 5.32 Å². The number of halogens is 1. The highest BCUT2D eigenvalue weighted by molar-refractivity contribution is 7.19. The number of rotatable bonds is 5. The normalized spacial score (nSPS) is 12.9. The molecule has 1 unspecified atom stereocenters. The van der Waals surface area contributed by atoms with Crippen molar-refractivity contribution in [3.8, 4) is 0 Å². The standard InChI is InChI=1S/C16H16FNS2/c1-2-6-18-16(11-5-7-19-10-11)15-9-12-8-13(17)3-4-14(12)20-15/h3-5,7-10,16,18H,2,6H2,1H3. The molecule has 1 N–H and O–H groups in total. The van der Waals surface area contributed by atoms with Gasteiger partial charge in [-0.3, -0.25) is 0 Å². The molecule has 0 fully saturated rings. The van der Waals surface area contributed by atoms with Gasteiger partial charge in [-0.05, 0) is 65.0 Å². The van der Waals surface area contributed by atoms with E-state index in [0.29, 0.717) is 0 Å². The summed E-state index contributed by atoms with van der Waals surface area (Å²) in [5.41, 5.74) is 1.29. The minimum atomic E-state index is -0.171. The lowest BCUT2D eigenvalue weighted by molar-refractivity contribution is 0.607. The summed E-state index contributed by atoms with van der Waals surface area (Å²) in [5.74, 6) is -0.171. The molecular weight excluding hydrogens is 289 g/mol. The van der Waals surface area contributed by atoms with Crippen LogP contribution in [-0.2, 0) is 0 Å². The number of hydrogen-bond donors (Lipinski definition) is 1. The minimum absolute atomic E-state index is 0.171. The molecule has 0 amide bonds. The molecule has 1 nitrogen and oxygen atoms in total. The second-order valence-electron chi connectivity index (χ2n) is 4.77. The van der Waals surface area contributed by atoms with Crippen LogP contribution in [0.2, 0.25) is 0 Å². The van der Waals surface area contributed by atoms with Crippen LogP contribution in [0.3, 0.4) is 0 Å². The van der Waals surface area contributed by atoms with Crippen molar-refractivity contribution in [3.63, 3.8) is 0 Å². The van der Waals surface area contributed by atoms with Gasteiger partial charge in [-0.15, -0.1) is 11.3 Å². The van der Waals surface area contributed by atoms with Gasteiger partial charge in [0.15, 0.2) is 0 Å². The van der Waals surface area contributed by atoms with E-state index in [2.05, 4.69) is 35.1 Å². The first-order valence-electron chi connectivity index (χ1n) is 6.72. The van der Waals surface area contributed by atoms with Crippen molar-refractivity contribution in [1.29, 1.82) is 0 Å². The van der Waals surface area contributed by atoms with Crippen LogP contribution in [0.25, 0.3) is 10.1 Å². The lowest BCUT2D eigenvalue weighted by Crippen LogP contribution is -2.21. The average molecular weight is 305 g/mol. The Kier molecular flexibility index (Phi) is 4.15. The van der Waals surface area contributed by atoms with Crippen molar-refractivity contribution in [3.05, 3.63) is 57.3 Å². The van der Waals surface area contributed by atoms with Gasteiger partial charge < -0.3 is 5.32 Å². The molecule has 0 aliphatic heterocycles. The molecule has 0 aliphatic carbocycles. The number of thiophene rings is 2. The predicted octanol–water partition coefficient (Wildman–Crippen LogP) is 5.19. The molecule has 4 heteroatoms. The number of fused-ring (bicyclic) bond motifs is 1. The summed E-state index contributed by atoms with van der Waals surface area (Å²) in [5, 5.41) is 8.86. The van der Waals surface area contributed by atoms with Crippen LogP contribution in [0.5, 0.6) is 0 Å². The Bertz CT molecular complexity index is 688. The van der Waals surface area contributed by atoms with Crippen molar-refractivity contribution < 1.29 is 4.39 Å². The van der Waals surface area contributed by atoms with Gasteiger partial charge in [-0.25, -0.2) is 4.39 Å². The summed E-state index contributed by atoms with van der Waals surface area (Å²) in [6.45, 7) is 3.14. The molecule has 0 aliphatic rings. The molecule has 104 valence electrons. The lowest BCUT2D eigenvalue weighted by Gasteiger charge is -2.15. The van der Waals surface area contributed by atoms with Crippen LogP contribution in [0.15, 0.2) is 41.1 Å². The molecule has 0 saturated carbocycles. The van der Waals surface area contributed by atoms with Crippen LogP contribution >= 0.6 is 22.7 Å². The first kappa shape index (κ1) is 13.7. The molecule has 2 aromatic heterocycles. The number of nitrogens with one attached hydrogen (secondary N) is 1. The van der Waals surface area contributed by atoms with Crippen LogP contribution in [0.1, 0.15) is 29.8 Å². The second-order valence-corrected chi connectivity index (χ2v) is 6.67. The van der Waals surface area contributed by atoms with Gasteiger partial charge in [-0.1, -0.05) is 6.92 Å². The molecule has 3 rings (SSSR count). The van der Waals surface area contributed by atoms with Crippen LogP contribution in [-0.4, -0.2) is 6.54 Å². The monoisotopic (exact) mass is 305 g/mol. The molecule has 0 bridgehead atoms. The van der Waals surface area contributed by atoms with Crippen molar-refractivity contribution in [2.45, 2.75) is 19.4 Å². The van der Waals surface area contributed by atoms with Crippen molar-refractivity contribution >= 4 is 32.8 Å². The predicted molar refractivity (Wildman–Crippen MR) is 86.2 cm³/mol. The summed E-state index contributed by atoms with van der Waals surface area (Å²) < 4.78 is 14.5. The Balaban J connectivity index is 1.99. The van der Waals surface area contributed by atoms with E-state index in [-0.39, 0.29) is 11.9 Å². The summed E-state index contributed by atoms with van der Waals surface area (Å²) >= 11 is 3.45. The summed E-state index contributed by atoms with van der Waals surface area (Å²) in [4.78, 5) is 1.25. The number of hydrogen-bond acceptors (Lipinski definition) is 3. The van der Waals surface area contributed by atoms with Gasteiger partial charge in [-0.2, -0.15) is 11.3 Å². The molecular formula is C16H16FNS2. The maximum Gasteiger partial charge on any atom is 0.123 e. The smallest absolute Gasteiger partial charge is 0.123 e. The summed E-state index contributed by atoms with van der Waals surface area (Å²) in [6.07, 6.45) is 1.10. The maximum atomic E-state index is 13.3. The minimum Gasteiger partial charge on any atom is -0.306 e. The van der Waals surface area contributed by atoms with Crippen LogP contribution in [0, 0.1) is 5.82 Å². The Morgan fingerprint density at radius 1 is 1.25 bits per heavy atom. The zero-order valence-corrected chi connectivity index (χ0v) is 12.9. The van der Waals surface area contributed by atoms with E-state index in [4.69, 9.17) is 0 Å². The van der Waals surface area contributed by atoms with E-state index in [1.807, 2.05) is 6.07 Å². The molecule has 1 atom stereocenters. The molecule has 2 heterocycles. The van der Waals surface area contributed by atoms with E-state index in [1.54, 1.807) is 28.7 Å². The maximum absolute atomic E-state index is 13.3. The third-order valence-electron chi connectivity index (χ3n) is 3.26. The van der Waals surface area contributed by atoms with E-state index in [9.17, 15) is 4.39 Å².